The number of ether oxygens (including phenoxy) is 1. The molecule has 0 aliphatic carbocycles. The van der Waals surface area contributed by atoms with E-state index in [1.165, 1.54) is 7.11 Å². The molecule has 0 aliphatic rings. The van der Waals surface area contributed by atoms with E-state index in [-0.39, 0.29) is 0 Å². The van der Waals surface area contributed by atoms with E-state index in [0.29, 0.717) is 32.7 Å². The minimum atomic E-state index is -0.941. The summed E-state index contributed by atoms with van der Waals surface area (Å²) in [5.41, 5.74) is 1.26. The third-order valence-electron chi connectivity index (χ3n) is 3.26. The maximum absolute atomic E-state index is 10.5. The molecule has 0 saturated carbocycles. The number of methoxy groups -OCH3 is 1. The van der Waals surface area contributed by atoms with Crippen LogP contribution in [-0.2, 0) is 0 Å². The van der Waals surface area contributed by atoms with Gasteiger partial charge in [-0.3, -0.25) is 0 Å². The monoisotopic (exact) mass is 322 g/mol. The standard InChI is InChI=1S/C16H12Cl2O3/c1-20-14-8-11(18)2-4-12(14)16(19)15-7-9-6-10(17)3-5-13(9)21-15/h2-8,16,19H,1H3. The van der Waals surface area contributed by atoms with Gasteiger partial charge in [-0.1, -0.05) is 29.3 Å². The molecule has 21 heavy (non-hydrogen) atoms. The fraction of sp³-hybridized carbons (Fsp3) is 0.125. The number of fused-ring (bicyclic) bond motifs is 1. The smallest absolute Gasteiger partial charge is 0.140 e. The average Bonchev–Trinajstić information content (AvgIpc) is 2.89. The molecule has 0 saturated heterocycles. The van der Waals surface area contributed by atoms with Gasteiger partial charge in [0.2, 0.25) is 0 Å². The van der Waals surface area contributed by atoms with Crippen LogP contribution in [0, 0.1) is 0 Å². The van der Waals surface area contributed by atoms with Gasteiger partial charge < -0.3 is 14.3 Å². The van der Waals surface area contributed by atoms with Crippen molar-refractivity contribution in [2.75, 3.05) is 7.11 Å². The molecule has 0 spiro atoms. The Morgan fingerprint density at radius 2 is 1.76 bits per heavy atom. The zero-order valence-electron chi connectivity index (χ0n) is 11.1. The highest BCUT2D eigenvalue weighted by molar-refractivity contribution is 6.31. The second-order valence-corrected chi connectivity index (χ2v) is 5.49. The Bertz CT molecular complexity index is 795. The van der Waals surface area contributed by atoms with Crippen LogP contribution in [0.5, 0.6) is 5.75 Å². The number of benzene rings is 2. The van der Waals surface area contributed by atoms with E-state index in [1.807, 2.05) is 0 Å². The molecule has 2 aromatic carbocycles. The molecule has 1 heterocycles. The molecule has 1 N–H and O–H groups in total. The van der Waals surface area contributed by atoms with E-state index < -0.39 is 6.10 Å². The van der Waals surface area contributed by atoms with Gasteiger partial charge in [-0.2, -0.15) is 0 Å². The first-order chi connectivity index (χ1) is 10.1. The Morgan fingerprint density at radius 1 is 1.05 bits per heavy atom. The fourth-order valence-corrected chi connectivity index (χ4v) is 2.58. The summed E-state index contributed by atoms with van der Waals surface area (Å²) in [6, 6.07) is 12.1. The van der Waals surface area contributed by atoms with Crippen molar-refractivity contribution < 1.29 is 14.3 Å². The van der Waals surface area contributed by atoms with Crippen molar-refractivity contribution in [1.29, 1.82) is 0 Å². The second kappa shape index (κ2) is 5.60. The summed E-state index contributed by atoms with van der Waals surface area (Å²) in [6.45, 7) is 0. The molecule has 0 fully saturated rings. The predicted molar refractivity (Wildman–Crippen MR) is 83.3 cm³/mol. The highest BCUT2D eigenvalue weighted by Crippen LogP contribution is 2.35. The van der Waals surface area contributed by atoms with Crippen molar-refractivity contribution >= 4 is 34.2 Å². The van der Waals surface area contributed by atoms with E-state index in [1.54, 1.807) is 42.5 Å². The highest BCUT2D eigenvalue weighted by Gasteiger charge is 2.19. The lowest BCUT2D eigenvalue weighted by molar-refractivity contribution is 0.188. The number of halogens is 2. The van der Waals surface area contributed by atoms with Crippen LogP contribution >= 0.6 is 23.2 Å². The quantitative estimate of drug-likeness (QED) is 0.751. The summed E-state index contributed by atoms with van der Waals surface area (Å²) in [5, 5.41) is 12.5. The van der Waals surface area contributed by atoms with Crippen LogP contribution in [0.4, 0.5) is 0 Å². The summed E-state index contributed by atoms with van der Waals surface area (Å²) in [5.74, 6) is 0.932. The molecular formula is C16H12Cl2O3. The Morgan fingerprint density at radius 3 is 2.52 bits per heavy atom. The minimum Gasteiger partial charge on any atom is -0.496 e. The Hall–Kier alpha value is -1.68. The molecule has 5 heteroatoms. The van der Waals surface area contributed by atoms with E-state index >= 15 is 0 Å². The van der Waals surface area contributed by atoms with Crippen molar-refractivity contribution in [1.82, 2.24) is 0 Å². The van der Waals surface area contributed by atoms with Crippen molar-refractivity contribution in [3.8, 4) is 5.75 Å². The third-order valence-corrected chi connectivity index (χ3v) is 3.73. The molecule has 3 aromatic rings. The Labute approximate surface area is 131 Å². The summed E-state index contributed by atoms with van der Waals surface area (Å²) in [6.07, 6.45) is -0.941. The van der Waals surface area contributed by atoms with Gasteiger partial charge in [-0.25, -0.2) is 0 Å². The lowest BCUT2D eigenvalue weighted by atomic mass is 10.1. The molecule has 3 rings (SSSR count). The van der Waals surface area contributed by atoms with Gasteiger partial charge in [0, 0.05) is 21.0 Å². The number of hydrogen-bond acceptors (Lipinski definition) is 3. The van der Waals surface area contributed by atoms with E-state index in [9.17, 15) is 5.11 Å². The van der Waals surface area contributed by atoms with E-state index in [4.69, 9.17) is 32.4 Å². The van der Waals surface area contributed by atoms with Gasteiger partial charge >= 0.3 is 0 Å². The zero-order chi connectivity index (χ0) is 15.0. The molecular weight excluding hydrogens is 311 g/mol. The van der Waals surface area contributed by atoms with Crippen LogP contribution in [0.3, 0.4) is 0 Å². The maximum atomic E-state index is 10.5. The van der Waals surface area contributed by atoms with Crippen molar-refractivity contribution in [2.24, 2.45) is 0 Å². The third kappa shape index (κ3) is 2.72. The predicted octanol–water partition coefficient (Wildman–Crippen LogP) is 4.83. The van der Waals surface area contributed by atoms with Crippen LogP contribution in [-0.4, -0.2) is 12.2 Å². The molecule has 0 bridgehead atoms. The molecule has 1 aromatic heterocycles. The number of rotatable bonds is 3. The molecule has 1 atom stereocenters. The lowest BCUT2D eigenvalue weighted by Crippen LogP contribution is -2.01. The topological polar surface area (TPSA) is 42.6 Å². The maximum Gasteiger partial charge on any atom is 0.140 e. The van der Waals surface area contributed by atoms with Crippen molar-refractivity contribution in [2.45, 2.75) is 6.10 Å². The summed E-state index contributed by atoms with van der Waals surface area (Å²) in [7, 11) is 1.53. The SMILES string of the molecule is COc1cc(Cl)ccc1C(O)c1cc2cc(Cl)ccc2o1. The summed E-state index contributed by atoms with van der Waals surface area (Å²) >= 11 is 11.9. The Balaban J connectivity index is 2.05. The normalized spacial score (nSPS) is 12.6. The van der Waals surface area contributed by atoms with Crippen LogP contribution in [0.15, 0.2) is 46.9 Å². The average molecular weight is 323 g/mol. The lowest BCUT2D eigenvalue weighted by Gasteiger charge is -2.13. The van der Waals surface area contributed by atoms with Crippen LogP contribution in [0.2, 0.25) is 10.0 Å². The first-order valence-corrected chi connectivity index (χ1v) is 7.04. The number of aliphatic hydroxyl groups is 1. The molecule has 1 unspecified atom stereocenters. The first-order valence-electron chi connectivity index (χ1n) is 6.29. The number of furan rings is 1. The summed E-state index contributed by atoms with van der Waals surface area (Å²) in [4.78, 5) is 0. The molecule has 108 valence electrons. The summed E-state index contributed by atoms with van der Waals surface area (Å²) < 4.78 is 10.9. The van der Waals surface area contributed by atoms with Gasteiger partial charge in [-0.15, -0.1) is 0 Å². The molecule has 0 aliphatic heterocycles. The van der Waals surface area contributed by atoms with Gasteiger partial charge in [0.15, 0.2) is 0 Å². The first kappa shape index (κ1) is 14.3. The Kier molecular flexibility index (Phi) is 3.81. The minimum absolute atomic E-state index is 0.424. The van der Waals surface area contributed by atoms with E-state index in [0.717, 1.165) is 5.39 Å². The van der Waals surface area contributed by atoms with Crippen LogP contribution < -0.4 is 4.74 Å². The van der Waals surface area contributed by atoms with Gasteiger partial charge in [0.25, 0.3) is 0 Å². The van der Waals surface area contributed by atoms with Crippen LogP contribution in [0.25, 0.3) is 11.0 Å². The van der Waals surface area contributed by atoms with Gasteiger partial charge in [-0.05, 0) is 36.4 Å². The molecule has 3 nitrogen and oxygen atoms in total. The van der Waals surface area contributed by atoms with Gasteiger partial charge in [0.05, 0.1) is 7.11 Å². The van der Waals surface area contributed by atoms with Gasteiger partial charge in [0.1, 0.15) is 23.2 Å². The highest BCUT2D eigenvalue weighted by atomic mass is 35.5. The second-order valence-electron chi connectivity index (χ2n) is 4.62. The molecule has 0 amide bonds. The van der Waals surface area contributed by atoms with Crippen molar-refractivity contribution in [3.63, 3.8) is 0 Å². The number of aliphatic hydroxyl groups excluding tert-OH is 1. The fourth-order valence-electron chi connectivity index (χ4n) is 2.23. The number of hydrogen-bond donors (Lipinski definition) is 1. The molecule has 0 radical (unpaired) electrons. The zero-order valence-corrected chi connectivity index (χ0v) is 12.7. The van der Waals surface area contributed by atoms with E-state index in [2.05, 4.69) is 0 Å². The van der Waals surface area contributed by atoms with Crippen LogP contribution in [0.1, 0.15) is 17.4 Å². The van der Waals surface area contributed by atoms with Crippen molar-refractivity contribution in [3.05, 3.63) is 63.8 Å². The largest absolute Gasteiger partial charge is 0.496 e.